The predicted molar refractivity (Wildman–Crippen MR) is 92.4 cm³/mol. The van der Waals surface area contributed by atoms with E-state index in [2.05, 4.69) is 21.4 Å². The highest BCUT2D eigenvalue weighted by Gasteiger charge is 2.07. The molecule has 0 saturated carbocycles. The van der Waals surface area contributed by atoms with Gasteiger partial charge in [-0.15, -0.1) is 0 Å². The van der Waals surface area contributed by atoms with Crippen molar-refractivity contribution in [2.75, 3.05) is 5.32 Å². The van der Waals surface area contributed by atoms with E-state index >= 15 is 0 Å². The van der Waals surface area contributed by atoms with Crippen molar-refractivity contribution in [2.24, 2.45) is 0 Å². The van der Waals surface area contributed by atoms with Gasteiger partial charge >= 0.3 is 0 Å². The maximum Gasteiger partial charge on any atom is 0.183 e. The minimum Gasteiger partial charge on any atom is -0.457 e. The van der Waals surface area contributed by atoms with E-state index in [9.17, 15) is 0 Å². The van der Waals surface area contributed by atoms with Crippen LogP contribution in [0.15, 0.2) is 54.9 Å². The van der Waals surface area contributed by atoms with Crippen molar-refractivity contribution in [1.29, 1.82) is 10.5 Å². The molecule has 1 aromatic heterocycles. The standard InChI is InChI=1S/C19H13N5O/c1-13-10-16(25-15-4-2-14(11-20)3-5-15)6-7-17(13)24-19-18(12-21)22-8-9-23-19/h2-10H,1H3,(H,23,24). The van der Waals surface area contributed by atoms with Gasteiger partial charge in [0.2, 0.25) is 0 Å². The monoisotopic (exact) mass is 327 g/mol. The molecule has 0 radical (unpaired) electrons. The van der Waals surface area contributed by atoms with Gasteiger partial charge in [-0.3, -0.25) is 0 Å². The number of benzene rings is 2. The number of rotatable bonds is 4. The summed E-state index contributed by atoms with van der Waals surface area (Å²) in [6.07, 6.45) is 3.01. The third kappa shape index (κ3) is 3.72. The number of nitriles is 2. The van der Waals surface area contributed by atoms with Gasteiger partial charge in [0.15, 0.2) is 11.5 Å². The highest BCUT2D eigenvalue weighted by Crippen LogP contribution is 2.28. The number of ether oxygens (including phenoxy) is 1. The summed E-state index contributed by atoms with van der Waals surface area (Å²) in [6.45, 7) is 1.93. The average Bonchev–Trinajstić information content (AvgIpc) is 2.65. The Balaban J connectivity index is 1.79. The van der Waals surface area contributed by atoms with Crippen LogP contribution >= 0.6 is 0 Å². The first-order valence-electron chi connectivity index (χ1n) is 7.46. The van der Waals surface area contributed by atoms with Gasteiger partial charge in [0.1, 0.15) is 17.6 Å². The van der Waals surface area contributed by atoms with Crippen LogP contribution < -0.4 is 10.1 Å². The maximum atomic E-state index is 9.08. The lowest BCUT2D eigenvalue weighted by Crippen LogP contribution is -2.00. The van der Waals surface area contributed by atoms with Crippen molar-refractivity contribution >= 4 is 11.5 Å². The number of nitrogens with one attached hydrogen (secondary N) is 1. The van der Waals surface area contributed by atoms with Crippen molar-refractivity contribution in [3.63, 3.8) is 0 Å². The second-order valence-corrected chi connectivity index (χ2v) is 5.21. The fraction of sp³-hybridized carbons (Fsp3) is 0.0526. The van der Waals surface area contributed by atoms with Crippen molar-refractivity contribution in [2.45, 2.75) is 6.92 Å². The summed E-state index contributed by atoms with van der Waals surface area (Å²) >= 11 is 0. The Hall–Kier alpha value is -3.90. The summed E-state index contributed by atoms with van der Waals surface area (Å²) in [7, 11) is 0. The Kier molecular flexibility index (Phi) is 4.55. The third-order valence-corrected chi connectivity index (χ3v) is 3.47. The molecule has 0 fully saturated rings. The Labute approximate surface area is 145 Å². The van der Waals surface area contributed by atoms with E-state index in [0.29, 0.717) is 22.9 Å². The van der Waals surface area contributed by atoms with Crippen LogP contribution in [0.3, 0.4) is 0 Å². The first kappa shape index (κ1) is 16.0. The van der Waals surface area contributed by atoms with Gasteiger partial charge in [-0.05, 0) is 55.0 Å². The summed E-state index contributed by atoms with van der Waals surface area (Å²) < 4.78 is 5.79. The summed E-state index contributed by atoms with van der Waals surface area (Å²) in [6, 6.07) is 16.5. The topological polar surface area (TPSA) is 94.6 Å². The van der Waals surface area contributed by atoms with Gasteiger partial charge < -0.3 is 10.1 Å². The number of hydrogen-bond acceptors (Lipinski definition) is 6. The summed E-state index contributed by atoms with van der Waals surface area (Å²) in [5, 5.41) is 21.0. The van der Waals surface area contributed by atoms with E-state index in [-0.39, 0.29) is 5.69 Å². The normalized spacial score (nSPS) is 9.72. The molecule has 3 aromatic rings. The maximum absolute atomic E-state index is 9.08. The molecule has 0 aliphatic carbocycles. The molecule has 0 amide bonds. The minimum atomic E-state index is 0.236. The molecule has 120 valence electrons. The zero-order chi connectivity index (χ0) is 17.6. The van der Waals surface area contributed by atoms with Crippen LogP contribution in [-0.2, 0) is 0 Å². The van der Waals surface area contributed by atoms with Crippen LogP contribution in [0.2, 0.25) is 0 Å². The zero-order valence-electron chi connectivity index (χ0n) is 13.4. The number of aromatic nitrogens is 2. The van der Waals surface area contributed by atoms with Crippen LogP contribution in [0, 0.1) is 29.6 Å². The average molecular weight is 327 g/mol. The van der Waals surface area contributed by atoms with E-state index in [1.54, 1.807) is 24.3 Å². The van der Waals surface area contributed by atoms with Gasteiger partial charge in [0.05, 0.1) is 11.6 Å². The Morgan fingerprint density at radius 1 is 0.920 bits per heavy atom. The minimum absolute atomic E-state index is 0.236. The number of hydrogen-bond donors (Lipinski definition) is 1. The summed E-state index contributed by atoms with van der Waals surface area (Å²) in [4.78, 5) is 8.12. The second-order valence-electron chi connectivity index (χ2n) is 5.21. The fourth-order valence-electron chi connectivity index (χ4n) is 2.21. The van der Waals surface area contributed by atoms with Gasteiger partial charge in [0.25, 0.3) is 0 Å². The molecule has 0 aliphatic rings. The highest BCUT2D eigenvalue weighted by molar-refractivity contribution is 5.64. The third-order valence-electron chi connectivity index (χ3n) is 3.47. The molecule has 25 heavy (non-hydrogen) atoms. The van der Waals surface area contributed by atoms with Crippen molar-refractivity contribution < 1.29 is 4.74 Å². The lowest BCUT2D eigenvalue weighted by Gasteiger charge is -2.12. The molecular formula is C19H13N5O. The molecule has 2 aromatic carbocycles. The lowest BCUT2D eigenvalue weighted by atomic mass is 10.2. The number of nitrogens with zero attached hydrogens (tertiary/aromatic N) is 4. The van der Waals surface area contributed by atoms with Crippen LogP contribution in [-0.4, -0.2) is 9.97 Å². The number of aryl methyl sites for hydroxylation is 1. The largest absolute Gasteiger partial charge is 0.457 e. The SMILES string of the molecule is Cc1cc(Oc2ccc(C#N)cc2)ccc1Nc1nccnc1C#N. The van der Waals surface area contributed by atoms with Crippen LogP contribution in [0.1, 0.15) is 16.8 Å². The highest BCUT2D eigenvalue weighted by atomic mass is 16.5. The molecule has 0 spiro atoms. The van der Waals surface area contributed by atoms with Crippen LogP contribution in [0.25, 0.3) is 0 Å². The van der Waals surface area contributed by atoms with Crippen LogP contribution in [0.4, 0.5) is 11.5 Å². The molecule has 0 unspecified atom stereocenters. The molecule has 6 nitrogen and oxygen atoms in total. The van der Waals surface area contributed by atoms with E-state index in [0.717, 1.165) is 11.3 Å². The molecule has 1 heterocycles. The van der Waals surface area contributed by atoms with E-state index in [1.807, 2.05) is 31.2 Å². The summed E-state index contributed by atoms with van der Waals surface area (Å²) in [5.41, 5.74) is 2.56. The Bertz CT molecular complexity index is 984. The van der Waals surface area contributed by atoms with Crippen LogP contribution in [0.5, 0.6) is 11.5 Å². The van der Waals surface area contributed by atoms with E-state index in [1.165, 1.54) is 12.4 Å². The molecule has 0 aliphatic heterocycles. The van der Waals surface area contributed by atoms with Crippen molar-refractivity contribution in [3.8, 4) is 23.6 Å². The summed E-state index contributed by atoms with van der Waals surface area (Å²) in [5.74, 6) is 1.74. The van der Waals surface area contributed by atoms with Gasteiger partial charge in [-0.25, -0.2) is 9.97 Å². The first-order valence-corrected chi connectivity index (χ1v) is 7.46. The van der Waals surface area contributed by atoms with Gasteiger partial charge in [0, 0.05) is 18.1 Å². The molecule has 1 N–H and O–H groups in total. The number of anilines is 2. The molecule has 6 heteroatoms. The smallest absolute Gasteiger partial charge is 0.183 e. The zero-order valence-corrected chi connectivity index (χ0v) is 13.4. The van der Waals surface area contributed by atoms with Gasteiger partial charge in [-0.1, -0.05) is 0 Å². The predicted octanol–water partition coefficient (Wildman–Crippen LogP) is 4.06. The molecule has 0 atom stereocenters. The molecule has 3 rings (SSSR count). The first-order chi connectivity index (χ1) is 12.2. The van der Waals surface area contributed by atoms with Crippen molar-refractivity contribution in [3.05, 3.63) is 71.7 Å². The van der Waals surface area contributed by atoms with Gasteiger partial charge in [-0.2, -0.15) is 10.5 Å². The Morgan fingerprint density at radius 2 is 1.64 bits per heavy atom. The fourth-order valence-corrected chi connectivity index (χ4v) is 2.21. The lowest BCUT2D eigenvalue weighted by molar-refractivity contribution is 0.482. The Morgan fingerprint density at radius 3 is 2.32 bits per heavy atom. The molecule has 0 saturated heterocycles. The molecular weight excluding hydrogens is 314 g/mol. The second kappa shape index (κ2) is 7.12. The quantitative estimate of drug-likeness (QED) is 0.776. The van der Waals surface area contributed by atoms with E-state index < -0.39 is 0 Å². The molecule has 0 bridgehead atoms. The van der Waals surface area contributed by atoms with E-state index in [4.69, 9.17) is 15.3 Å². The van der Waals surface area contributed by atoms with Crippen molar-refractivity contribution in [1.82, 2.24) is 9.97 Å².